The molecule has 0 aliphatic carbocycles. The predicted molar refractivity (Wildman–Crippen MR) is 99.7 cm³/mol. The zero-order chi connectivity index (χ0) is 18.1. The average Bonchev–Trinajstić information content (AvgIpc) is 2.64. The molecule has 0 saturated carbocycles. The maximum Gasteiger partial charge on any atom is 0.269 e. The lowest BCUT2D eigenvalue weighted by atomic mass is 9.90. The van der Waals surface area contributed by atoms with Gasteiger partial charge in [0, 0.05) is 30.8 Å². The van der Waals surface area contributed by atoms with Crippen molar-refractivity contribution in [2.24, 2.45) is 5.92 Å². The van der Waals surface area contributed by atoms with Gasteiger partial charge < -0.3 is 4.90 Å². The molecule has 25 heavy (non-hydrogen) atoms. The maximum absolute atomic E-state index is 12.5. The van der Waals surface area contributed by atoms with Crippen LogP contribution in [0.4, 0.5) is 5.69 Å². The largest absolute Gasteiger partial charge is 0.339 e. The van der Waals surface area contributed by atoms with Crippen LogP contribution in [0, 0.1) is 16.0 Å². The number of benzene rings is 1. The van der Waals surface area contributed by atoms with Crippen LogP contribution in [0.25, 0.3) is 0 Å². The summed E-state index contributed by atoms with van der Waals surface area (Å²) >= 11 is 0. The zero-order valence-corrected chi connectivity index (χ0v) is 15.3. The van der Waals surface area contributed by atoms with Crippen molar-refractivity contribution in [1.29, 1.82) is 0 Å². The van der Waals surface area contributed by atoms with E-state index in [0.29, 0.717) is 5.56 Å². The highest BCUT2D eigenvalue weighted by atomic mass is 16.6. The van der Waals surface area contributed by atoms with E-state index in [1.54, 1.807) is 12.1 Å². The van der Waals surface area contributed by atoms with Gasteiger partial charge in [-0.05, 0) is 30.9 Å². The van der Waals surface area contributed by atoms with Gasteiger partial charge in [0.1, 0.15) is 0 Å². The molecule has 1 aromatic rings. The minimum Gasteiger partial charge on any atom is -0.339 e. The molecule has 0 bridgehead atoms. The first-order chi connectivity index (χ1) is 12.1. The van der Waals surface area contributed by atoms with Gasteiger partial charge in [-0.15, -0.1) is 0 Å². The summed E-state index contributed by atoms with van der Waals surface area (Å²) in [4.78, 5) is 24.6. The van der Waals surface area contributed by atoms with Crippen LogP contribution in [0.15, 0.2) is 24.3 Å². The van der Waals surface area contributed by atoms with Crippen molar-refractivity contribution in [2.75, 3.05) is 13.1 Å². The van der Waals surface area contributed by atoms with E-state index >= 15 is 0 Å². The summed E-state index contributed by atoms with van der Waals surface area (Å²) in [5.74, 6) is 0.736. The topological polar surface area (TPSA) is 63.5 Å². The molecule has 0 unspecified atom stereocenters. The van der Waals surface area contributed by atoms with Crippen molar-refractivity contribution >= 4 is 11.6 Å². The number of carbonyl (C=O) groups excluding carboxylic acids is 1. The normalized spacial score (nSPS) is 15.3. The molecule has 1 amide bonds. The Morgan fingerprint density at radius 1 is 1.08 bits per heavy atom. The molecular formula is C20H30N2O3. The van der Waals surface area contributed by atoms with E-state index < -0.39 is 4.92 Å². The summed E-state index contributed by atoms with van der Waals surface area (Å²) in [5, 5.41) is 10.7. The first-order valence-electron chi connectivity index (χ1n) is 9.65. The van der Waals surface area contributed by atoms with Crippen molar-refractivity contribution in [3.63, 3.8) is 0 Å². The standard InChI is InChI=1S/C20H30N2O3/c1-2-3-4-5-6-7-8-17-13-15-21(16-14-17)20(23)18-9-11-19(12-10-18)22(24)25/h9-12,17H,2-8,13-16H2,1H3. The SMILES string of the molecule is CCCCCCCCC1CCN(C(=O)c2ccc([N+](=O)[O-])cc2)CC1. The highest BCUT2D eigenvalue weighted by molar-refractivity contribution is 5.94. The minimum atomic E-state index is -0.442. The Bertz CT molecular complexity index is 549. The van der Waals surface area contributed by atoms with Crippen molar-refractivity contribution in [3.8, 4) is 0 Å². The monoisotopic (exact) mass is 346 g/mol. The van der Waals surface area contributed by atoms with E-state index in [-0.39, 0.29) is 11.6 Å². The van der Waals surface area contributed by atoms with E-state index in [1.807, 2.05) is 4.90 Å². The van der Waals surface area contributed by atoms with E-state index in [4.69, 9.17) is 0 Å². The summed E-state index contributed by atoms with van der Waals surface area (Å²) in [6.07, 6.45) is 11.4. The van der Waals surface area contributed by atoms with Gasteiger partial charge in [0.25, 0.3) is 11.6 Å². The number of hydrogen-bond donors (Lipinski definition) is 0. The van der Waals surface area contributed by atoms with Gasteiger partial charge in [-0.3, -0.25) is 14.9 Å². The van der Waals surface area contributed by atoms with Crippen LogP contribution in [-0.4, -0.2) is 28.8 Å². The van der Waals surface area contributed by atoms with Gasteiger partial charge >= 0.3 is 0 Å². The molecule has 0 aromatic heterocycles. The number of rotatable bonds is 9. The minimum absolute atomic E-state index is 0.00656. The average molecular weight is 346 g/mol. The van der Waals surface area contributed by atoms with E-state index in [1.165, 1.54) is 57.1 Å². The fourth-order valence-electron chi connectivity index (χ4n) is 3.55. The molecule has 5 heteroatoms. The number of nitrogens with zero attached hydrogens (tertiary/aromatic N) is 2. The zero-order valence-electron chi connectivity index (χ0n) is 15.3. The third-order valence-corrected chi connectivity index (χ3v) is 5.19. The van der Waals surface area contributed by atoms with E-state index in [2.05, 4.69) is 6.92 Å². The number of nitro groups is 1. The summed E-state index contributed by atoms with van der Waals surface area (Å²) in [6, 6.07) is 5.92. The molecule has 0 radical (unpaired) electrons. The summed E-state index contributed by atoms with van der Waals surface area (Å²) in [6.45, 7) is 3.85. The second-order valence-corrected chi connectivity index (χ2v) is 7.10. The third-order valence-electron chi connectivity index (χ3n) is 5.19. The van der Waals surface area contributed by atoms with Crippen LogP contribution in [0.5, 0.6) is 0 Å². The Labute approximate surface area is 150 Å². The number of likely N-dealkylation sites (tertiary alicyclic amines) is 1. The Hall–Kier alpha value is -1.91. The van der Waals surface area contributed by atoms with Crippen LogP contribution < -0.4 is 0 Å². The van der Waals surface area contributed by atoms with Crippen LogP contribution in [0.2, 0.25) is 0 Å². The van der Waals surface area contributed by atoms with Crippen molar-refractivity contribution < 1.29 is 9.72 Å². The van der Waals surface area contributed by atoms with Gasteiger partial charge in [-0.1, -0.05) is 51.9 Å². The third kappa shape index (κ3) is 6.15. The quantitative estimate of drug-likeness (QED) is 0.351. The maximum atomic E-state index is 12.5. The van der Waals surface area contributed by atoms with E-state index in [9.17, 15) is 14.9 Å². The van der Waals surface area contributed by atoms with Crippen LogP contribution in [0.3, 0.4) is 0 Å². The van der Waals surface area contributed by atoms with Gasteiger partial charge in [0.2, 0.25) is 0 Å². The molecule has 5 nitrogen and oxygen atoms in total. The molecule has 1 heterocycles. The molecule has 1 aromatic carbocycles. The Kier molecular flexibility index (Phi) is 7.89. The lowest BCUT2D eigenvalue weighted by molar-refractivity contribution is -0.384. The van der Waals surface area contributed by atoms with Crippen LogP contribution >= 0.6 is 0 Å². The molecule has 0 atom stereocenters. The molecule has 1 fully saturated rings. The van der Waals surface area contributed by atoms with Gasteiger partial charge in [0.05, 0.1) is 4.92 Å². The fraction of sp³-hybridized carbons (Fsp3) is 0.650. The number of unbranched alkanes of at least 4 members (excludes halogenated alkanes) is 5. The second kappa shape index (κ2) is 10.2. The lowest BCUT2D eigenvalue weighted by Gasteiger charge is -2.32. The van der Waals surface area contributed by atoms with Gasteiger partial charge in [-0.2, -0.15) is 0 Å². The van der Waals surface area contributed by atoms with Crippen molar-refractivity contribution in [2.45, 2.75) is 64.7 Å². The summed E-state index contributed by atoms with van der Waals surface area (Å²) in [5.41, 5.74) is 0.564. The van der Waals surface area contributed by atoms with Gasteiger partial charge in [0.15, 0.2) is 0 Å². The first kappa shape index (κ1) is 19.4. The summed E-state index contributed by atoms with van der Waals surface area (Å²) in [7, 11) is 0. The lowest BCUT2D eigenvalue weighted by Crippen LogP contribution is -2.38. The molecule has 1 saturated heterocycles. The van der Waals surface area contributed by atoms with E-state index in [0.717, 1.165) is 31.8 Å². The number of non-ortho nitro benzene ring substituents is 1. The number of piperidine rings is 1. The smallest absolute Gasteiger partial charge is 0.269 e. The number of amides is 1. The van der Waals surface area contributed by atoms with Crippen LogP contribution in [-0.2, 0) is 0 Å². The number of carbonyl (C=O) groups is 1. The van der Waals surface area contributed by atoms with Crippen LogP contribution in [0.1, 0.15) is 75.1 Å². The Morgan fingerprint density at radius 2 is 1.68 bits per heavy atom. The first-order valence-corrected chi connectivity index (χ1v) is 9.65. The molecule has 0 spiro atoms. The number of nitro benzene ring substituents is 1. The molecule has 2 rings (SSSR count). The highest BCUT2D eigenvalue weighted by Gasteiger charge is 2.23. The van der Waals surface area contributed by atoms with Crippen molar-refractivity contribution in [3.05, 3.63) is 39.9 Å². The molecule has 138 valence electrons. The fourth-order valence-corrected chi connectivity index (χ4v) is 3.55. The Morgan fingerprint density at radius 3 is 2.28 bits per heavy atom. The van der Waals surface area contributed by atoms with Crippen molar-refractivity contribution in [1.82, 2.24) is 4.90 Å². The number of hydrogen-bond acceptors (Lipinski definition) is 3. The van der Waals surface area contributed by atoms with Gasteiger partial charge in [-0.25, -0.2) is 0 Å². The Balaban J connectivity index is 1.70. The molecular weight excluding hydrogens is 316 g/mol. The molecule has 1 aliphatic heterocycles. The molecule has 1 aliphatic rings. The predicted octanol–water partition coefficient (Wildman–Crippen LogP) is 5.20. The second-order valence-electron chi connectivity index (χ2n) is 7.10. The highest BCUT2D eigenvalue weighted by Crippen LogP contribution is 2.24. The molecule has 0 N–H and O–H groups in total. The summed E-state index contributed by atoms with van der Waals surface area (Å²) < 4.78 is 0.